The zero-order valence-corrected chi connectivity index (χ0v) is 20.6. The van der Waals surface area contributed by atoms with Gasteiger partial charge in [0, 0.05) is 19.1 Å². The molecule has 15 nitrogen and oxygen atoms in total. The quantitative estimate of drug-likeness (QED) is 0.388. The highest BCUT2D eigenvalue weighted by atomic mass is 19.4. The van der Waals surface area contributed by atoms with Gasteiger partial charge in [-0.05, 0) is 32.7 Å². The number of nitrogens with zero attached hydrogens (tertiary/aromatic N) is 10. The van der Waals surface area contributed by atoms with E-state index < -0.39 is 36.7 Å². The maximum atomic E-state index is 13.0. The minimum absolute atomic E-state index is 0.0775. The van der Waals surface area contributed by atoms with Crippen LogP contribution in [0.4, 0.5) is 24.9 Å². The van der Waals surface area contributed by atoms with Crippen LogP contribution in [-0.4, -0.2) is 107 Å². The summed E-state index contributed by atoms with van der Waals surface area (Å²) in [6.07, 6.45) is -9.56. The van der Waals surface area contributed by atoms with Gasteiger partial charge in [-0.15, -0.1) is 10.2 Å². The molecular formula is C20H26F3N11O4. The lowest BCUT2D eigenvalue weighted by molar-refractivity contribution is -0.210. The summed E-state index contributed by atoms with van der Waals surface area (Å²) in [6.45, 7) is 3.38. The van der Waals surface area contributed by atoms with Crippen molar-refractivity contribution in [3.8, 4) is 0 Å². The Balaban J connectivity index is 1.50. The van der Waals surface area contributed by atoms with E-state index in [1.165, 1.54) is 15.7 Å². The van der Waals surface area contributed by atoms with E-state index in [9.17, 15) is 23.1 Å². The van der Waals surface area contributed by atoms with Crippen molar-refractivity contribution in [2.75, 3.05) is 37.8 Å². The Morgan fingerprint density at radius 1 is 1.34 bits per heavy atom. The third-order valence-corrected chi connectivity index (χ3v) is 6.58. The lowest BCUT2D eigenvalue weighted by Crippen LogP contribution is -2.38. The van der Waals surface area contributed by atoms with Gasteiger partial charge in [0.25, 0.3) is 0 Å². The minimum atomic E-state index is -5.30. The number of halogens is 3. The van der Waals surface area contributed by atoms with Crippen molar-refractivity contribution in [2.24, 2.45) is 0 Å². The molecule has 0 bridgehead atoms. The number of ether oxygens (including phenoxy) is 2. The predicted molar refractivity (Wildman–Crippen MR) is 122 cm³/mol. The molecule has 5 rings (SSSR count). The molecule has 0 saturated carbocycles. The van der Waals surface area contributed by atoms with Gasteiger partial charge in [-0.25, -0.2) is 9.78 Å². The summed E-state index contributed by atoms with van der Waals surface area (Å²) in [6, 6.07) is 0.286. The highest BCUT2D eigenvalue weighted by Crippen LogP contribution is 2.41. The molecule has 206 valence electrons. The fourth-order valence-electron chi connectivity index (χ4n) is 4.51. The molecular weight excluding hydrogens is 515 g/mol. The highest BCUT2D eigenvalue weighted by molar-refractivity contribution is 5.83. The van der Waals surface area contributed by atoms with E-state index in [0.717, 1.165) is 6.42 Å². The van der Waals surface area contributed by atoms with E-state index in [-0.39, 0.29) is 28.8 Å². The van der Waals surface area contributed by atoms with Crippen LogP contribution in [0.2, 0.25) is 0 Å². The molecule has 5 heterocycles. The first-order chi connectivity index (χ1) is 18.0. The molecule has 0 spiro atoms. The third-order valence-electron chi connectivity index (χ3n) is 6.58. The van der Waals surface area contributed by atoms with Crippen LogP contribution in [0.1, 0.15) is 31.5 Å². The number of fused-ring (bicyclic) bond motifs is 1. The number of anilines is 2. The van der Waals surface area contributed by atoms with E-state index in [1.54, 1.807) is 6.92 Å². The lowest BCUT2D eigenvalue weighted by Gasteiger charge is -2.21. The van der Waals surface area contributed by atoms with Gasteiger partial charge >= 0.3 is 12.1 Å². The van der Waals surface area contributed by atoms with Crippen molar-refractivity contribution in [1.29, 1.82) is 0 Å². The van der Waals surface area contributed by atoms with Crippen LogP contribution in [0, 0.1) is 0 Å². The maximum Gasteiger partial charge on any atom is 0.490 e. The number of nitrogen functional groups attached to an aromatic ring is 1. The number of aliphatic hydroxyl groups is 1. The lowest BCUT2D eigenvalue weighted by atomic mass is 10.1. The Hall–Kier alpha value is -3.64. The molecule has 0 radical (unpaired) electrons. The average Bonchev–Trinajstić information content (AvgIpc) is 3.65. The summed E-state index contributed by atoms with van der Waals surface area (Å²) in [7, 11) is 3.96. The van der Waals surface area contributed by atoms with Crippen molar-refractivity contribution in [3.63, 3.8) is 0 Å². The fourth-order valence-corrected chi connectivity index (χ4v) is 4.51. The van der Waals surface area contributed by atoms with Gasteiger partial charge < -0.3 is 30.1 Å². The summed E-state index contributed by atoms with van der Waals surface area (Å²) in [5.41, 5.74) is 6.53. The SMILES string of the molecule is CCn1nnc([C@H]2O[C@@H](n3cnc4c(N)nc(N5CC[C@@H](N(C)C)C5)nc43)[C@H](O)[C@@H]2OC(=O)C(F)(F)F)n1. The molecule has 0 aromatic carbocycles. The second kappa shape index (κ2) is 9.59. The second-order valence-corrected chi connectivity index (χ2v) is 9.23. The predicted octanol–water partition coefficient (Wildman–Crippen LogP) is -0.340. The van der Waals surface area contributed by atoms with Crippen LogP contribution in [0.25, 0.3) is 11.2 Å². The molecule has 3 aromatic rings. The number of likely N-dealkylation sites (N-methyl/N-ethyl adjacent to an activating group) is 1. The molecule has 3 aromatic heterocycles. The molecule has 2 aliphatic rings. The Labute approximate surface area is 213 Å². The number of carbonyl (C=O) groups excluding carboxylic acids is 1. The van der Waals surface area contributed by atoms with Crippen LogP contribution in [0.15, 0.2) is 6.33 Å². The smallest absolute Gasteiger partial charge is 0.449 e. The van der Waals surface area contributed by atoms with Crippen LogP contribution >= 0.6 is 0 Å². The van der Waals surface area contributed by atoms with Gasteiger partial charge in [-0.3, -0.25) is 4.57 Å². The summed E-state index contributed by atoms with van der Waals surface area (Å²) < 4.78 is 50.9. The number of aliphatic hydroxyl groups excluding tert-OH is 1. The van der Waals surface area contributed by atoms with Crippen LogP contribution in [0.3, 0.4) is 0 Å². The fraction of sp³-hybridized carbons (Fsp3) is 0.650. The van der Waals surface area contributed by atoms with Gasteiger partial charge in [0.05, 0.1) is 12.9 Å². The van der Waals surface area contributed by atoms with E-state index in [0.29, 0.717) is 25.6 Å². The number of esters is 1. The zero-order chi connectivity index (χ0) is 27.4. The molecule has 2 aliphatic heterocycles. The Bertz CT molecular complexity index is 1330. The minimum Gasteiger partial charge on any atom is -0.449 e. The van der Waals surface area contributed by atoms with Crippen molar-refractivity contribution in [3.05, 3.63) is 12.2 Å². The van der Waals surface area contributed by atoms with Gasteiger partial charge in [0.1, 0.15) is 11.6 Å². The normalized spacial score (nSPS) is 26.1. The molecule has 0 unspecified atom stereocenters. The molecule has 0 amide bonds. The van der Waals surface area contributed by atoms with Crippen molar-refractivity contribution < 1.29 is 32.5 Å². The zero-order valence-electron chi connectivity index (χ0n) is 20.6. The van der Waals surface area contributed by atoms with E-state index >= 15 is 0 Å². The van der Waals surface area contributed by atoms with Crippen molar-refractivity contribution >= 4 is 28.9 Å². The first kappa shape index (κ1) is 26.0. The number of tetrazole rings is 1. The number of imidazole rings is 1. The van der Waals surface area contributed by atoms with Crippen molar-refractivity contribution in [2.45, 2.75) is 56.6 Å². The van der Waals surface area contributed by atoms with Gasteiger partial charge in [-0.1, -0.05) is 0 Å². The van der Waals surface area contributed by atoms with E-state index in [2.05, 4.69) is 40.0 Å². The summed E-state index contributed by atoms with van der Waals surface area (Å²) in [5.74, 6) is -2.25. The first-order valence-corrected chi connectivity index (χ1v) is 11.8. The highest BCUT2D eigenvalue weighted by Gasteiger charge is 2.53. The van der Waals surface area contributed by atoms with Gasteiger partial charge in [-0.2, -0.15) is 27.9 Å². The number of hydrogen-bond donors (Lipinski definition) is 2. The van der Waals surface area contributed by atoms with Gasteiger partial charge in [0.2, 0.25) is 11.8 Å². The Morgan fingerprint density at radius 3 is 2.74 bits per heavy atom. The number of aryl methyl sites for hydroxylation is 1. The molecule has 18 heteroatoms. The Kier molecular flexibility index (Phi) is 6.56. The largest absolute Gasteiger partial charge is 0.490 e. The van der Waals surface area contributed by atoms with Gasteiger partial charge in [0.15, 0.2) is 29.9 Å². The topological polar surface area (TPSA) is 175 Å². The molecule has 2 saturated heterocycles. The molecule has 0 aliphatic carbocycles. The molecule has 38 heavy (non-hydrogen) atoms. The second-order valence-electron chi connectivity index (χ2n) is 9.23. The van der Waals surface area contributed by atoms with Crippen LogP contribution < -0.4 is 10.6 Å². The number of hydrogen-bond acceptors (Lipinski definition) is 13. The number of alkyl halides is 3. The van der Waals surface area contributed by atoms with Crippen molar-refractivity contribution in [1.82, 2.24) is 44.6 Å². The first-order valence-electron chi connectivity index (χ1n) is 11.8. The molecule has 3 N–H and O–H groups in total. The number of rotatable bonds is 6. The average molecular weight is 541 g/mol. The summed E-state index contributed by atoms with van der Waals surface area (Å²) in [5, 5.41) is 22.7. The van der Waals surface area contributed by atoms with Crippen LogP contribution in [0.5, 0.6) is 0 Å². The summed E-state index contributed by atoms with van der Waals surface area (Å²) >= 11 is 0. The molecule has 2 fully saturated rings. The maximum absolute atomic E-state index is 13.0. The standard InChI is InChI=1S/C20H26F3N11O4/c1-4-34-29-15(28-30-34)13-12(38-18(36)20(21,22)23)11(35)17(37-13)33-8-25-10-14(24)26-19(27-16(10)33)32-6-5-9(7-32)31(2)3/h8-9,11-13,17,35H,4-7H2,1-3H3,(H2,24,26,27)/t9-,11-,12+,13+,17-/m1/s1. The monoisotopic (exact) mass is 541 g/mol. The van der Waals surface area contributed by atoms with E-state index in [1.807, 2.05) is 19.0 Å². The number of carbonyl (C=O) groups is 1. The third kappa shape index (κ3) is 4.58. The summed E-state index contributed by atoms with van der Waals surface area (Å²) in [4.78, 5) is 30.1. The number of nitrogens with two attached hydrogens (primary N) is 1. The van der Waals surface area contributed by atoms with Crippen LogP contribution in [-0.2, 0) is 20.8 Å². The molecule has 5 atom stereocenters. The number of aromatic nitrogens is 8. The van der Waals surface area contributed by atoms with E-state index in [4.69, 9.17) is 10.5 Å². The Morgan fingerprint density at radius 2 is 2.11 bits per heavy atom.